The number of amides is 2. The number of aromatic nitrogens is 1. The first-order valence-corrected chi connectivity index (χ1v) is 6.89. The van der Waals surface area contributed by atoms with Gasteiger partial charge in [0.25, 0.3) is 0 Å². The van der Waals surface area contributed by atoms with Gasteiger partial charge in [0.2, 0.25) is 0 Å². The fourth-order valence-electron chi connectivity index (χ4n) is 3.03. The summed E-state index contributed by atoms with van der Waals surface area (Å²) in [6.45, 7) is 1.89. The fourth-order valence-corrected chi connectivity index (χ4v) is 3.03. The van der Waals surface area contributed by atoms with E-state index in [-0.39, 0.29) is 11.6 Å². The molecular weight excluding hydrogens is 256 g/mol. The van der Waals surface area contributed by atoms with Crippen molar-refractivity contribution in [1.29, 1.82) is 0 Å². The molecule has 1 saturated heterocycles. The molecule has 1 aliphatic carbocycles. The van der Waals surface area contributed by atoms with Crippen LogP contribution in [0.2, 0.25) is 0 Å². The number of ether oxygens (including phenoxy) is 1. The van der Waals surface area contributed by atoms with Gasteiger partial charge < -0.3 is 15.4 Å². The zero-order chi connectivity index (χ0) is 14.2. The third-order valence-corrected chi connectivity index (χ3v) is 4.35. The van der Waals surface area contributed by atoms with Gasteiger partial charge in [-0.2, -0.15) is 0 Å². The van der Waals surface area contributed by atoms with E-state index in [1.54, 1.807) is 18.2 Å². The molecule has 1 aliphatic heterocycles. The highest BCUT2D eigenvalue weighted by atomic mass is 16.5. The Hall–Kier alpha value is -1.66. The molecule has 0 bridgehead atoms. The molecule has 2 heterocycles. The van der Waals surface area contributed by atoms with Gasteiger partial charge in [-0.1, -0.05) is 0 Å². The van der Waals surface area contributed by atoms with E-state index in [0.717, 1.165) is 24.9 Å². The average Bonchev–Trinajstić information content (AvgIpc) is 2.64. The van der Waals surface area contributed by atoms with Crippen LogP contribution in [0.25, 0.3) is 0 Å². The lowest BCUT2D eigenvalue weighted by Crippen LogP contribution is -2.54. The standard InChI is InChI=1S/C14H20N4O2/c1-20-8-10-3-5-16-12(6-10)17-13(19)18-7-11-2-4-14(11,15)9-18/h3,5-6,11H,2,4,7-9,15H2,1H3,(H,16,17,19)/t11-,14-/m0/s1. The Bertz CT molecular complexity index is 522. The van der Waals surface area contributed by atoms with Crippen molar-refractivity contribution in [3.63, 3.8) is 0 Å². The Morgan fingerprint density at radius 1 is 1.70 bits per heavy atom. The highest BCUT2D eigenvalue weighted by Gasteiger charge is 2.51. The van der Waals surface area contributed by atoms with E-state index in [4.69, 9.17) is 10.5 Å². The Labute approximate surface area is 118 Å². The molecule has 0 unspecified atom stereocenters. The van der Waals surface area contributed by atoms with Crippen molar-refractivity contribution in [3.05, 3.63) is 23.9 Å². The van der Waals surface area contributed by atoms with E-state index in [9.17, 15) is 4.79 Å². The van der Waals surface area contributed by atoms with Gasteiger partial charge in [0.15, 0.2) is 0 Å². The van der Waals surface area contributed by atoms with Gasteiger partial charge in [-0.25, -0.2) is 9.78 Å². The van der Waals surface area contributed by atoms with Crippen LogP contribution >= 0.6 is 0 Å². The van der Waals surface area contributed by atoms with Crippen LogP contribution in [0.1, 0.15) is 18.4 Å². The number of rotatable bonds is 3. The lowest BCUT2D eigenvalue weighted by atomic mass is 9.70. The topological polar surface area (TPSA) is 80.5 Å². The number of nitrogens with zero attached hydrogens (tertiary/aromatic N) is 2. The first-order valence-electron chi connectivity index (χ1n) is 6.89. The van der Waals surface area contributed by atoms with Crippen molar-refractivity contribution in [1.82, 2.24) is 9.88 Å². The highest BCUT2D eigenvalue weighted by molar-refractivity contribution is 5.88. The molecule has 1 saturated carbocycles. The first kappa shape index (κ1) is 13.3. The molecule has 108 valence electrons. The lowest BCUT2D eigenvalue weighted by molar-refractivity contribution is 0.185. The molecule has 0 aromatic carbocycles. The zero-order valence-corrected chi connectivity index (χ0v) is 11.6. The monoisotopic (exact) mass is 276 g/mol. The van der Waals surface area contributed by atoms with Gasteiger partial charge >= 0.3 is 6.03 Å². The van der Waals surface area contributed by atoms with Gasteiger partial charge in [-0.05, 0) is 36.5 Å². The minimum absolute atomic E-state index is 0.119. The summed E-state index contributed by atoms with van der Waals surface area (Å²) < 4.78 is 5.07. The summed E-state index contributed by atoms with van der Waals surface area (Å²) in [7, 11) is 1.64. The summed E-state index contributed by atoms with van der Waals surface area (Å²) in [5.74, 6) is 1.01. The lowest BCUT2D eigenvalue weighted by Gasteiger charge is -2.39. The minimum atomic E-state index is -0.150. The van der Waals surface area contributed by atoms with E-state index < -0.39 is 0 Å². The molecule has 0 spiro atoms. The quantitative estimate of drug-likeness (QED) is 0.868. The smallest absolute Gasteiger partial charge is 0.323 e. The van der Waals surface area contributed by atoms with E-state index in [0.29, 0.717) is 24.9 Å². The SMILES string of the molecule is COCc1ccnc(NC(=O)N2C[C@@H]3CC[C@]3(N)C2)c1. The second kappa shape index (κ2) is 5.03. The molecule has 2 fully saturated rings. The largest absolute Gasteiger partial charge is 0.380 e. The summed E-state index contributed by atoms with van der Waals surface area (Å²) >= 11 is 0. The van der Waals surface area contributed by atoms with Crippen molar-refractivity contribution in [2.45, 2.75) is 25.0 Å². The van der Waals surface area contributed by atoms with Crippen LogP contribution in [0.4, 0.5) is 10.6 Å². The van der Waals surface area contributed by atoms with Gasteiger partial charge in [0, 0.05) is 31.9 Å². The number of methoxy groups -OCH3 is 1. The van der Waals surface area contributed by atoms with Crippen LogP contribution in [0.5, 0.6) is 0 Å². The molecule has 3 N–H and O–H groups in total. The molecule has 0 radical (unpaired) electrons. The normalized spacial score (nSPS) is 27.9. The predicted molar refractivity (Wildman–Crippen MR) is 75.2 cm³/mol. The molecular formula is C14H20N4O2. The number of carbonyl (C=O) groups is 1. The van der Waals surface area contributed by atoms with E-state index in [2.05, 4.69) is 10.3 Å². The van der Waals surface area contributed by atoms with Crippen LogP contribution < -0.4 is 11.1 Å². The number of hydrogen-bond donors (Lipinski definition) is 2. The molecule has 20 heavy (non-hydrogen) atoms. The maximum atomic E-state index is 12.2. The van der Waals surface area contributed by atoms with E-state index in [1.165, 1.54) is 0 Å². The fraction of sp³-hybridized carbons (Fsp3) is 0.571. The number of nitrogens with two attached hydrogens (primary N) is 1. The second-order valence-corrected chi connectivity index (χ2v) is 5.76. The van der Waals surface area contributed by atoms with Gasteiger partial charge in [-0.15, -0.1) is 0 Å². The molecule has 6 nitrogen and oxygen atoms in total. The molecule has 2 aliphatic rings. The summed E-state index contributed by atoms with van der Waals surface area (Å²) in [5.41, 5.74) is 7.07. The summed E-state index contributed by atoms with van der Waals surface area (Å²) in [5, 5.41) is 2.83. The number of anilines is 1. The molecule has 2 atom stereocenters. The number of fused-ring (bicyclic) bond motifs is 1. The van der Waals surface area contributed by atoms with Crippen molar-refractivity contribution in [2.75, 3.05) is 25.5 Å². The Balaban J connectivity index is 1.63. The molecule has 1 aromatic rings. The summed E-state index contributed by atoms with van der Waals surface area (Å²) in [4.78, 5) is 18.2. The van der Waals surface area contributed by atoms with Gasteiger partial charge in [0.1, 0.15) is 5.82 Å². The van der Waals surface area contributed by atoms with E-state index >= 15 is 0 Å². The Kier molecular flexibility index (Phi) is 3.35. The Morgan fingerprint density at radius 3 is 3.15 bits per heavy atom. The van der Waals surface area contributed by atoms with Crippen molar-refractivity contribution in [3.8, 4) is 0 Å². The molecule has 3 rings (SSSR count). The van der Waals surface area contributed by atoms with Crippen LogP contribution in [0, 0.1) is 5.92 Å². The van der Waals surface area contributed by atoms with E-state index in [1.807, 2.05) is 12.1 Å². The number of nitrogens with one attached hydrogen (secondary N) is 1. The van der Waals surface area contributed by atoms with Crippen LogP contribution in [0.15, 0.2) is 18.3 Å². The summed E-state index contributed by atoms with van der Waals surface area (Å²) in [6, 6.07) is 3.57. The molecule has 6 heteroatoms. The number of urea groups is 1. The highest BCUT2D eigenvalue weighted by Crippen LogP contribution is 2.42. The number of carbonyl (C=O) groups excluding carboxylic acids is 1. The number of hydrogen-bond acceptors (Lipinski definition) is 4. The first-order chi connectivity index (χ1) is 9.60. The second-order valence-electron chi connectivity index (χ2n) is 5.76. The predicted octanol–water partition coefficient (Wildman–Crippen LogP) is 1.18. The zero-order valence-electron chi connectivity index (χ0n) is 11.6. The summed E-state index contributed by atoms with van der Waals surface area (Å²) in [6.07, 6.45) is 3.81. The van der Waals surface area contributed by atoms with Crippen molar-refractivity contribution < 1.29 is 9.53 Å². The molecule has 1 aromatic heterocycles. The van der Waals surface area contributed by atoms with Gasteiger partial charge in [-0.3, -0.25) is 5.32 Å². The maximum absolute atomic E-state index is 12.2. The third-order valence-electron chi connectivity index (χ3n) is 4.35. The number of pyridine rings is 1. The van der Waals surface area contributed by atoms with Crippen LogP contribution in [0.3, 0.4) is 0 Å². The van der Waals surface area contributed by atoms with Gasteiger partial charge in [0.05, 0.1) is 6.61 Å². The van der Waals surface area contributed by atoms with Crippen molar-refractivity contribution >= 4 is 11.8 Å². The number of likely N-dealkylation sites (tertiary alicyclic amines) is 1. The minimum Gasteiger partial charge on any atom is -0.380 e. The van der Waals surface area contributed by atoms with Crippen molar-refractivity contribution in [2.24, 2.45) is 11.7 Å². The maximum Gasteiger partial charge on any atom is 0.323 e. The Morgan fingerprint density at radius 2 is 2.55 bits per heavy atom. The third kappa shape index (κ3) is 2.36. The van der Waals surface area contributed by atoms with Crippen LogP contribution in [-0.2, 0) is 11.3 Å². The van der Waals surface area contributed by atoms with Crippen LogP contribution in [-0.4, -0.2) is 41.7 Å². The molecule has 2 amide bonds. The average molecular weight is 276 g/mol.